The Bertz CT molecular complexity index is 688. The van der Waals surface area contributed by atoms with Gasteiger partial charge in [0.05, 0.1) is 13.0 Å². The van der Waals surface area contributed by atoms with Crippen molar-refractivity contribution in [2.75, 3.05) is 31.1 Å². The molecular weight excluding hydrogens is 336 g/mol. The fourth-order valence-corrected chi connectivity index (χ4v) is 3.70. The smallest absolute Gasteiger partial charge is 0.257 e. The highest BCUT2D eigenvalue weighted by Crippen LogP contribution is 2.25. The number of rotatable bonds is 7. The first kappa shape index (κ1) is 17.7. The van der Waals surface area contributed by atoms with Crippen molar-refractivity contribution in [3.05, 3.63) is 34.8 Å². The molecule has 0 spiro atoms. The van der Waals surface area contributed by atoms with Gasteiger partial charge in [0, 0.05) is 38.4 Å². The fourth-order valence-electron chi connectivity index (χ4n) is 3.03. The van der Waals surface area contributed by atoms with Gasteiger partial charge in [0.2, 0.25) is 5.91 Å². The first-order valence-electron chi connectivity index (χ1n) is 8.72. The molecule has 3 heterocycles. The third-order valence-electron chi connectivity index (χ3n) is 4.42. The van der Waals surface area contributed by atoms with Crippen molar-refractivity contribution < 1.29 is 9.53 Å². The summed E-state index contributed by atoms with van der Waals surface area (Å²) in [5.41, 5.74) is 1.08. The SMILES string of the molecule is CCN(CC)c1nccnc1OC1CCN(C(=O)Cc2ccsc2)C1. The maximum absolute atomic E-state index is 12.4. The molecule has 7 heteroatoms. The van der Waals surface area contributed by atoms with E-state index in [1.807, 2.05) is 21.7 Å². The van der Waals surface area contributed by atoms with Crippen LogP contribution in [0.5, 0.6) is 5.88 Å². The molecule has 1 fully saturated rings. The van der Waals surface area contributed by atoms with Gasteiger partial charge in [-0.3, -0.25) is 4.79 Å². The number of aromatic nitrogens is 2. The van der Waals surface area contributed by atoms with Crippen molar-refractivity contribution in [1.29, 1.82) is 0 Å². The van der Waals surface area contributed by atoms with Crippen LogP contribution in [0.1, 0.15) is 25.8 Å². The molecule has 0 aliphatic carbocycles. The van der Waals surface area contributed by atoms with E-state index in [1.54, 1.807) is 23.7 Å². The van der Waals surface area contributed by atoms with Crippen molar-refractivity contribution in [1.82, 2.24) is 14.9 Å². The number of likely N-dealkylation sites (tertiary alicyclic amines) is 1. The van der Waals surface area contributed by atoms with Gasteiger partial charge in [-0.05, 0) is 36.2 Å². The number of amides is 1. The van der Waals surface area contributed by atoms with Gasteiger partial charge >= 0.3 is 0 Å². The van der Waals surface area contributed by atoms with E-state index >= 15 is 0 Å². The van der Waals surface area contributed by atoms with E-state index in [0.29, 0.717) is 18.8 Å². The van der Waals surface area contributed by atoms with Gasteiger partial charge in [0.25, 0.3) is 5.88 Å². The summed E-state index contributed by atoms with van der Waals surface area (Å²) in [6.07, 6.45) is 4.59. The molecule has 1 aliphatic heterocycles. The summed E-state index contributed by atoms with van der Waals surface area (Å²) in [5, 5.41) is 4.03. The summed E-state index contributed by atoms with van der Waals surface area (Å²) in [6.45, 7) is 7.21. The second kappa shape index (κ2) is 8.29. The van der Waals surface area contributed by atoms with E-state index in [2.05, 4.69) is 28.7 Å². The first-order chi connectivity index (χ1) is 12.2. The Morgan fingerprint density at radius 3 is 2.88 bits per heavy atom. The van der Waals surface area contributed by atoms with Gasteiger partial charge in [-0.25, -0.2) is 9.97 Å². The average molecular weight is 360 g/mol. The number of thiophene rings is 1. The van der Waals surface area contributed by atoms with Crippen LogP contribution in [0.3, 0.4) is 0 Å². The predicted molar refractivity (Wildman–Crippen MR) is 99.2 cm³/mol. The Kier molecular flexibility index (Phi) is 5.86. The monoisotopic (exact) mass is 360 g/mol. The molecule has 0 saturated carbocycles. The van der Waals surface area contributed by atoms with Crippen LogP contribution >= 0.6 is 11.3 Å². The zero-order valence-electron chi connectivity index (χ0n) is 14.7. The molecule has 1 unspecified atom stereocenters. The standard InChI is InChI=1S/C18H24N4O2S/c1-3-21(4-2)17-18(20-8-7-19-17)24-15-5-9-22(12-15)16(23)11-14-6-10-25-13-14/h6-8,10,13,15H,3-5,9,11-12H2,1-2H3. The molecule has 1 aliphatic rings. The van der Waals surface area contributed by atoms with Crippen molar-refractivity contribution in [2.45, 2.75) is 32.8 Å². The van der Waals surface area contributed by atoms with Crippen molar-refractivity contribution >= 4 is 23.1 Å². The minimum Gasteiger partial charge on any atom is -0.470 e. The molecule has 0 aromatic carbocycles. The first-order valence-corrected chi connectivity index (χ1v) is 9.67. The van der Waals surface area contributed by atoms with Crippen molar-refractivity contribution in [3.63, 3.8) is 0 Å². The van der Waals surface area contributed by atoms with Crippen LogP contribution in [-0.4, -0.2) is 53.1 Å². The average Bonchev–Trinajstić information content (AvgIpc) is 3.29. The Hall–Kier alpha value is -2.15. The molecule has 3 rings (SSSR count). The van der Waals surface area contributed by atoms with Crippen LogP contribution in [0.4, 0.5) is 5.82 Å². The summed E-state index contributed by atoms with van der Waals surface area (Å²) in [6, 6.07) is 2.00. The second-order valence-electron chi connectivity index (χ2n) is 6.03. The quantitative estimate of drug-likeness (QED) is 0.760. The van der Waals surface area contributed by atoms with E-state index < -0.39 is 0 Å². The normalized spacial score (nSPS) is 16.9. The van der Waals surface area contributed by atoms with Gasteiger partial charge in [-0.1, -0.05) is 0 Å². The molecule has 1 atom stereocenters. The molecule has 0 bridgehead atoms. The van der Waals surface area contributed by atoms with Gasteiger partial charge in [0.15, 0.2) is 5.82 Å². The van der Waals surface area contributed by atoms with E-state index in [-0.39, 0.29) is 12.0 Å². The van der Waals surface area contributed by atoms with E-state index in [1.165, 1.54) is 0 Å². The minimum absolute atomic E-state index is 0.0302. The van der Waals surface area contributed by atoms with Crippen LogP contribution in [0.25, 0.3) is 0 Å². The number of ether oxygens (including phenoxy) is 1. The Balaban J connectivity index is 1.61. The highest BCUT2D eigenvalue weighted by Gasteiger charge is 2.29. The molecule has 25 heavy (non-hydrogen) atoms. The highest BCUT2D eigenvalue weighted by molar-refractivity contribution is 7.08. The van der Waals surface area contributed by atoms with E-state index in [0.717, 1.165) is 37.4 Å². The van der Waals surface area contributed by atoms with Gasteiger partial charge in [-0.2, -0.15) is 11.3 Å². The number of carbonyl (C=O) groups excluding carboxylic acids is 1. The van der Waals surface area contributed by atoms with Crippen LogP contribution in [0.15, 0.2) is 29.2 Å². The maximum Gasteiger partial charge on any atom is 0.257 e. The van der Waals surface area contributed by atoms with E-state index in [9.17, 15) is 4.79 Å². The van der Waals surface area contributed by atoms with Crippen molar-refractivity contribution in [2.24, 2.45) is 0 Å². The summed E-state index contributed by atoms with van der Waals surface area (Å²) < 4.78 is 6.10. The summed E-state index contributed by atoms with van der Waals surface area (Å²) in [5.74, 6) is 1.49. The fraction of sp³-hybridized carbons (Fsp3) is 0.500. The van der Waals surface area contributed by atoms with Crippen LogP contribution < -0.4 is 9.64 Å². The Labute approximate surface area is 152 Å². The van der Waals surface area contributed by atoms with Gasteiger partial charge in [0.1, 0.15) is 6.10 Å². The summed E-state index contributed by atoms with van der Waals surface area (Å²) in [4.78, 5) is 25.2. The molecule has 1 saturated heterocycles. The van der Waals surface area contributed by atoms with Gasteiger partial charge in [-0.15, -0.1) is 0 Å². The Morgan fingerprint density at radius 2 is 2.16 bits per heavy atom. The molecule has 6 nitrogen and oxygen atoms in total. The molecule has 2 aromatic heterocycles. The minimum atomic E-state index is -0.0302. The van der Waals surface area contributed by atoms with Crippen LogP contribution in [-0.2, 0) is 11.2 Å². The largest absolute Gasteiger partial charge is 0.470 e. The van der Waals surface area contributed by atoms with Crippen molar-refractivity contribution in [3.8, 4) is 5.88 Å². The molecule has 1 amide bonds. The summed E-state index contributed by atoms with van der Waals surface area (Å²) >= 11 is 1.62. The molecule has 134 valence electrons. The third-order valence-corrected chi connectivity index (χ3v) is 5.15. The van der Waals surface area contributed by atoms with Crippen LogP contribution in [0.2, 0.25) is 0 Å². The molecule has 0 radical (unpaired) electrons. The second-order valence-corrected chi connectivity index (χ2v) is 6.81. The number of hydrogen-bond acceptors (Lipinski definition) is 6. The van der Waals surface area contributed by atoms with Gasteiger partial charge < -0.3 is 14.5 Å². The molecule has 0 N–H and O–H groups in total. The zero-order valence-corrected chi connectivity index (χ0v) is 15.5. The number of nitrogens with zero attached hydrogens (tertiary/aromatic N) is 4. The van der Waals surface area contributed by atoms with Crippen LogP contribution in [0, 0.1) is 0 Å². The predicted octanol–water partition coefficient (Wildman–Crippen LogP) is 2.61. The summed E-state index contributed by atoms with van der Waals surface area (Å²) in [7, 11) is 0. The zero-order chi connectivity index (χ0) is 17.6. The lowest BCUT2D eigenvalue weighted by Crippen LogP contribution is -2.32. The Morgan fingerprint density at radius 1 is 1.36 bits per heavy atom. The third kappa shape index (κ3) is 4.28. The lowest BCUT2D eigenvalue weighted by atomic mass is 10.2. The number of carbonyl (C=O) groups is 1. The number of anilines is 1. The molecule has 2 aromatic rings. The maximum atomic E-state index is 12.4. The van der Waals surface area contributed by atoms with E-state index in [4.69, 9.17) is 4.74 Å². The molecular formula is C18H24N4O2S. The lowest BCUT2D eigenvalue weighted by molar-refractivity contribution is -0.129. The number of hydrogen-bond donors (Lipinski definition) is 0. The lowest BCUT2D eigenvalue weighted by Gasteiger charge is -2.23. The topological polar surface area (TPSA) is 58.6 Å². The highest BCUT2D eigenvalue weighted by atomic mass is 32.1.